The lowest BCUT2D eigenvalue weighted by molar-refractivity contribution is -0.136. The molecular weight excluding hydrogens is 398 g/mol. The monoisotopic (exact) mass is 417 g/mol. The number of benzene rings is 1. The van der Waals surface area contributed by atoms with Gasteiger partial charge in [0.2, 0.25) is 5.78 Å². The number of para-hydroxylation sites is 1. The molecule has 150 valence electrons. The van der Waals surface area contributed by atoms with Crippen LogP contribution in [0.1, 0.15) is 16.1 Å². The predicted octanol–water partition coefficient (Wildman–Crippen LogP) is 4.38. The third-order valence-electron chi connectivity index (χ3n) is 4.49. The van der Waals surface area contributed by atoms with Crippen LogP contribution in [0.15, 0.2) is 78.4 Å². The number of esters is 1. The molecule has 0 saturated carbocycles. The van der Waals surface area contributed by atoms with Crippen molar-refractivity contribution in [2.24, 2.45) is 7.05 Å². The molecule has 4 rings (SSSR count). The van der Waals surface area contributed by atoms with E-state index in [4.69, 9.17) is 4.74 Å². The van der Waals surface area contributed by atoms with E-state index in [1.165, 1.54) is 6.08 Å². The van der Waals surface area contributed by atoms with Crippen LogP contribution in [0.3, 0.4) is 0 Å². The first kappa shape index (κ1) is 19.6. The third kappa shape index (κ3) is 4.31. The van der Waals surface area contributed by atoms with Crippen LogP contribution in [-0.4, -0.2) is 32.7 Å². The average molecular weight is 417 g/mol. The molecular formula is C23H19N3O3S. The molecule has 7 heteroatoms. The Bertz CT molecular complexity index is 1190. The second kappa shape index (κ2) is 8.75. The molecule has 0 saturated heterocycles. The van der Waals surface area contributed by atoms with E-state index in [2.05, 4.69) is 5.10 Å². The van der Waals surface area contributed by atoms with E-state index in [0.717, 1.165) is 21.8 Å². The lowest BCUT2D eigenvalue weighted by atomic mass is 10.2. The Hall–Kier alpha value is -3.71. The quantitative estimate of drug-likeness (QED) is 0.254. The first-order valence-electron chi connectivity index (χ1n) is 9.30. The fourth-order valence-corrected chi connectivity index (χ4v) is 3.73. The van der Waals surface area contributed by atoms with Crippen molar-refractivity contribution in [3.63, 3.8) is 0 Å². The number of aromatic nitrogens is 3. The van der Waals surface area contributed by atoms with E-state index in [1.807, 2.05) is 54.0 Å². The SMILES string of the molecule is Cn1cccc1C(=O)COC(=O)/C=C/c1cn(-c2ccccc2)nc1-c1cccs1. The smallest absolute Gasteiger partial charge is 0.331 e. The van der Waals surface area contributed by atoms with Gasteiger partial charge in [0.05, 0.1) is 16.3 Å². The number of aryl methyl sites for hydroxylation is 1. The van der Waals surface area contributed by atoms with Crippen molar-refractivity contribution in [1.29, 1.82) is 0 Å². The van der Waals surface area contributed by atoms with Gasteiger partial charge in [0.15, 0.2) is 6.61 Å². The number of carbonyl (C=O) groups excluding carboxylic acids is 2. The highest BCUT2D eigenvalue weighted by atomic mass is 32.1. The molecule has 0 aliphatic carbocycles. The fraction of sp³-hybridized carbons (Fsp3) is 0.0870. The highest BCUT2D eigenvalue weighted by Gasteiger charge is 2.13. The Morgan fingerprint density at radius 1 is 1.10 bits per heavy atom. The third-order valence-corrected chi connectivity index (χ3v) is 5.37. The van der Waals surface area contributed by atoms with Crippen molar-refractivity contribution in [3.8, 4) is 16.3 Å². The molecule has 0 unspecified atom stereocenters. The molecule has 1 aromatic carbocycles. The molecule has 0 aliphatic rings. The van der Waals surface area contributed by atoms with E-state index in [-0.39, 0.29) is 12.4 Å². The van der Waals surface area contributed by atoms with Crippen LogP contribution in [0.2, 0.25) is 0 Å². The Kier molecular flexibility index (Phi) is 5.72. The molecule has 0 bridgehead atoms. The number of ketones is 1. The standard InChI is InChI=1S/C23H19N3O3S/c1-25-13-5-9-19(25)20(27)16-29-22(28)12-11-17-15-26(18-7-3-2-4-8-18)24-23(17)21-10-6-14-30-21/h2-15H,16H2,1H3/b12-11+. The fourth-order valence-electron chi connectivity index (χ4n) is 2.99. The van der Waals surface area contributed by atoms with Crippen molar-refractivity contribution >= 4 is 29.2 Å². The minimum Gasteiger partial charge on any atom is -0.454 e. The lowest BCUT2D eigenvalue weighted by Crippen LogP contribution is -2.15. The van der Waals surface area contributed by atoms with Crippen molar-refractivity contribution in [1.82, 2.24) is 14.3 Å². The average Bonchev–Trinajstić information content (AvgIpc) is 3.51. The van der Waals surface area contributed by atoms with Crippen molar-refractivity contribution in [2.75, 3.05) is 6.61 Å². The Morgan fingerprint density at radius 3 is 2.63 bits per heavy atom. The molecule has 30 heavy (non-hydrogen) atoms. The van der Waals surface area contributed by atoms with Gasteiger partial charge in [-0.05, 0) is 41.8 Å². The second-order valence-electron chi connectivity index (χ2n) is 6.56. The first-order chi connectivity index (χ1) is 14.6. The molecule has 0 amide bonds. The summed E-state index contributed by atoms with van der Waals surface area (Å²) in [5, 5.41) is 6.67. The minimum atomic E-state index is -0.581. The second-order valence-corrected chi connectivity index (χ2v) is 7.51. The highest BCUT2D eigenvalue weighted by molar-refractivity contribution is 7.13. The van der Waals surface area contributed by atoms with Crippen LogP contribution in [0, 0.1) is 0 Å². The van der Waals surface area contributed by atoms with E-state index < -0.39 is 5.97 Å². The summed E-state index contributed by atoms with van der Waals surface area (Å²) in [5.74, 6) is -0.831. The first-order valence-corrected chi connectivity index (χ1v) is 10.2. The van der Waals surface area contributed by atoms with Gasteiger partial charge in [-0.2, -0.15) is 5.10 Å². The highest BCUT2D eigenvalue weighted by Crippen LogP contribution is 2.28. The number of carbonyl (C=O) groups is 2. The van der Waals surface area contributed by atoms with Crippen LogP contribution < -0.4 is 0 Å². The van der Waals surface area contributed by atoms with Crippen LogP contribution in [-0.2, 0) is 16.6 Å². The van der Waals surface area contributed by atoms with Gasteiger partial charge in [-0.1, -0.05) is 24.3 Å². The predicted molar refractivity (Wildman–Crippen MR) is 117 cm³/mol. The summed E-state index contributed by atoms with van der Waals surface area (Å²) in [6.07, 6.45) is 6.62. The molecule has 4 aromatic rings. The molecule has 0 radical (unpaired) electrons. The van der Waals surface area contributed by atoms with Gasteiger partial charge in [0.25, 0.3) is 0 Å². The summed E-state index contributed by atoms with van der Waals surface area (Å²) in [5.41, 5.74) is 2.98. The molecule has 0 spiro atoms. The molecule has 0 atom stereocenters. The van der Waals surface area contributed by atoms with E-state index in [9.17, 15) is 9.59 Å². The molecule has 0 aliphatic heterocycles. The number of ether oxygens (including phenoxy) is 1. The summed E-state index contributed by atoms with van der Waals surface area (Å²) in [4.78, 5) is 25.3. The number of rotatable bonds is 7. The Balaban J connectivity index is 1.51. The zero-order valence-corrected chi connectivity index (χ0v) is 17.1. The van der Waals surface area contributed by atoms with Crippen LogP contribution in [0.25, 0.3) is 22.3 Å². The zero-order valence-electron chi connectivity index (χ0n) is 16.3. The Labute approximate surface area is 177 Å². The maximum atomic E-state index is 12.2. The maximum Gasteiger partial charge on any atom is 0.331 e. The lowest BCUT2D eigenvalue weighted by Gasteiger charge is -2.03. The Morgan fingerprint density at radius 2 is 1.93 bits per heavy atom. The van der Waals surface area contributed by atoms with Gasteiger partial charge in [0, 0.05) is 31.1 Å². The van der Waals surface area contributed by atoms with Crippen LogP contribution in [0.4, 0.5) is 0 Å². The topological polar surface area (TPSA) is 66.1 Å². The van der Waals surface area contributed by atoms with Crippen molar-refractivity contribution in [3.05, 3.63) is 89.7 Å². The molecule has 6 nitrogen and oxygen atoms in total. The van der Waals surface area contributed by atoms with Crippen LogP contribution >= 0.6 is 11.3 Å². The summed E-state index contributed by atoms with van der Waals surface area (Å²) < 4.78 is 8.58. The molecule has 3 aromatic heterocycles. The van der Waals surface area contributed by atoms with Gasteiger partial charge in [-0.15, -0.1) is 11.3 Å². The largest absolute Gasteiger partial charge is 0.454 e. The van der Waals surface area contributed by atoms with E-state index in [1.54, 1.807) is 52.0 Å². The van der Waals surface area contributed by atoms with E-state index in [0.29, 0.717) is 5.69 Å². The summed E-state index contributed by atoms with van der Waals surface area (Å²) >= 11 is 1.57. The molecule has 3 heterocycles. The van der Waals surface area contributed by atoms with Gasteiger partial charge < -0.3 is 9.30 Å². The normalized spacial score (nSPS) is 11.1. The molecule has 0 fully saturated rings. The summed E-state index contributed by atoms with van der Waals surface area (Å²) in [6, 6.07) is 17.2. The van der Waals surface area contributed by atoms with Gasteiger partial charge in [0.1, 0.15) is 5.69 Å². The maximum absolute atomic E-state index is 12.2. The minimum absolute atomic E-state index is 0.250. The number of Topliss-reactive ketones (excluding diaryl/α,β-unsaturated/α-hetero) is 1. The zero-order chi connectivity index (χ0) is 20.9. The number of hydrogen-bond acceptors (Lipinski definition) is 5. The number of thiophene rings is 1. The van der Waals surface area contributed by atoms with Crippen LogP contribution in [0.5, 0.6) is 0 Å². The van der Waals surface area contributed by atoms with Gasteiger partial charge in [-0.3, -0.25) is 4.79 Å². The number of hydrogen-bond donors (Lipinski definition) is 0. The van der Waals surface area contributed by atoms with Gasteiger partial charge in [-0.25, -0.2) is 9.48 Å². The summed E-state index contributed by atoms with van der Waals surface area (Å²) in [6.45, 7) is -0.303. The molecule has 0 N–H and O–H groups in total. The van der Waals surface area contributed by atoms with Crippen molar-refractivity contribution < 1.29 is 14.3 Å². The van der Waals surface area contributed by atoms with Crippen molar-refractivity contribution in [2.45, 2.75) is 0 Å². The summed E-state index contributed by atoms with van der Waals surface area (Å²) in [7, 11) is 1.77. The van der Waals surface area contributed by atoms with E-state index >= 15 is 0 Å². The van der Waals surface area contributed by atoms with Gasteiger partial charge >= 0.3 is 5.97 Å². The number of nitrogens with zero attached hydrogens (tertiary/aromatic N) is 3.